The number of amides is 2. The minimum absolute atomic E-state index is 0.222. The first kappa shape index (κ1) is 20.0. The number of nitrogens with one attached hydrogen (secondary N) is 2. The number of fused-ring (bicyclic) bond motifs is 1. The number of carbonyl (C=O) groups is 1. The topological polar surface area (TPSA) is 72.5 Å². The van der Waals surface area contributed by atoms with Crippen molar-refractivity contribution in [2.24, 2.45) is 0 Å². The second-order valence-electron chi connectivity index (χ2n) is 7.84. The number of aryl methyl sites for hydroxylation is 1. The first-order chi connectivity index (χ1) is 14.3. The summed E-state index contributed by atoms with van der Waals surface area (Å²) in [4.78, 5) is 16.7. The van der Waals surface area contributed by atoms with E-state index in [1.807, 2.05) is 63.2 Å². The lowest BCUT2D eigenvalue weighted by Crippen LogP contribution is -2.24. The number of hydrogen-bond donors (Lipinski definition) is 2. The number of benzene rings is 2. The molecule has 6 nitrogen and oxygen atoms in total. The molecule has 2 amide bonds. The van der Waals surface area contributed by atoms with Crippen molar-refractivity contribution in [1.29, 1.82) is 0 Å². The zero-order valence-corrected chi connectivity index (χ0v) is 17.7. The molecule has 7 heteroatoms. The van der Waals surface area contributed by atoms with E-state index in [1.54, 1.807) is 6.07 Å². The Morgan fingerprint density at radius 2 is 1.93 bits per heavy atom. The summed E-state index contributed by atoms with van der Waals surface area (Å²) in [7, 11) is 0. The highest BCUT2D eigenvalue weighted by molar-refractivity contribution is 6.30. The van der Waals surface area contributed by atoms with Crippen molar-refractivity contribution < 1.29 is 14.3 Å². The maximum atomic E-state index is 12.5. The van der Waals surface area contributed by atoms with E-state index in [9.17, 15) is 4.79 Å². The van der Waals surface area contributed by atoms with Crippen LogP contribution >= 0.6 is 11.6 Å². The second-order valence-corrected chi connectivity index (χ2v) is 8.27. The molecule has 0 saturated carbocycles. The molecule has 0 aliphatic carbocycles. The van der Waals surface area contributed by atoms with Crippen molar-refractivity contribution in [3.05, 3.63) is 70.9 Å². The molecule has 2 N–H and O–H groups in total. The Hall–Kier alpha value is -3.25. The average Bonchev–Trinajstić information content (AvgIpc) is 3.00. The van der Waals surface area contributed by atoms with Gasteiger partial charge in [-0.1, -0.05) is 41.4 Å². The molecule has 4 rings (SSSR count). The number of anilines is 2. The van der Waals surface area contributed by atoms with Crippen molar-refractivity contribution in [3.63, 3.8) is 0 Å². The number of pyridine rings is 1. The van der Waals surface area contributed by atoms with Crippen LogP contribution in [0.5, 0.6) is 17.4 Å². The molecule has 1 aromatic heterocycles. The molecule has 0 saturated heterocycles. The molecule has 0 bridgehead atoms. The van der Waals surface area contributed by atoms with Crippen LogP contribution in [0.3, 0.4) is 0 Å². The molecule has 0 unspecified atom stereocenters. The van der Waals surface area contributed by atoms with Crippen molar-refractivity contribution in [1.82, 2.24) is 4.98 Å². The molecule has 3 aromatic rings. The van der Waals surface area contributed by atoms with Crippen LogP contribution < -0.4 is 20.1 Å². The minimum Gasteiger partial charge on any atom is -0.483 e. The third-order valence-electron chi connectivity index (χ3n) is 4.64. The molecule has 1 aliphatic rings. The van der Waals surface area contributed by atoms with Crippen LogP contribution in [-0.2, 0) is 6.42 Å². The number of para-hydroxylation sites is 1. The molecule has 0 radical (unpaired) electrons. The van der Waals surface area contributed by atoms with Crippen LogP contribution in [0.2, 0.25) is 5.02 Å². The number of nitrogens with zero attached hydrogens (tertiary/aromatic N) is 1. The van der Waals surface area contributed by atoms with Gasteiger partial charge in [0.2, 0.25) is 5.88 Å². The predicted octanol–water partition coefficient (Wildman–Crippen LogP) is 6.19. The van der Waals surface area contributed by atoms with Crippen molar-refractivity contribution in [2.45, 2.75) is 32.8 Å². The van der Waals surface area contributed by atoms with E-state index in [4.69, 9.17) is 21.1 Å². The molecule has 30 heavy (non-hydrogen) atoms. The molecule has 0 fully saturated rings. The molecule has 1 aliphatic heterocycles. The number of urea groups is 1. The van der Waals surface area contributed by atoms with E-state index in [-0.39, 0.29) is 11.5 Å². The van der Waals surface area contributed by atoms with Crippen LogP contribution in [0.15, 0.2) is 54.7 Å². The number of hydrogen-bond acceptors (Lipinski definition) is 4. The van der Waals surface area contributed by atoms with Gasteiger partial charge in [0.25, 0.3) is 0 Å². The largest absolute Gasteiger partial charge is 0.483 e. The number of halogens is 1. The zero-order valence-electron chi connectivity index (χ0n) is 17.0. The SMILES string of the molecule is Cc1ccc(NC(=O)Nc2cc(Cl)cnc2Oc2cccc3c2OC(C)(C)C3)cc1. The number of carbonyl (C=O) groups excluding carboxylic acids is 1. The van der Waals surface area contributed by atoms with E-state index < -0.39 is 6.03 Å². The lowest BCUT2D eigenvalue weighted by molar-refractivity contribution is 0.135. The van der Waals surface area contributed by atoms with Gasteiger partial charge in [0.1, 0.15) is 11.3 Å². The predicted molar refractivity (Wildman–Crippen MR) is 118 cm³/mol. The Kier molecular flexibility index (Phi) is 5.26. The summed E-state index contributed by atoms with van der Waals surface area (Å²) in [5, 5.41) is 5.91. The van der Waals surface area contributed by atoms with Gasteiger partial charge < -0.3 is 20.1 Å². The quantitative estimate of drug-likeness (QED) is 0.524. The summed E-state index contributed by atoms with van der Waals surface area (Å²) in [5.41, 5.74) is 2.90. The highest BCUT2D eigenvalue weighted by Gasteiger charge is 2.32. The molecular weight excluding hydrogens is 402 g/mol. The molecule has 154 valence electrons. The van der Waals surface area contributed by atoms with Crippen LogP contribution in [0.4, 0.5) is 16.2 Å². The van der Waals surface area contributed by atoms with Crippen molar-refractivity contribution in [3.8, 4) is 17.4 Å². The van der Waals surface area contributed by atoms with Crippen LogP contribution in [0.25, 0.3) is 0 Å². The van der Waals surface area contributed by atoms with Crippen molar-refractivity contribution >= 4 is 29.0 Å². The van der Waals surface area contributed by atoms with Crippen LogP contribution in [0.1, 0.15) is 25.0 Å². The Morgan fingerprint density at radius 1 is 1.17 bits per heavy atom. The first-order valence-electron chi connectivity index (χ1n) is 9.58. The highest BCUT2D eigenvalue weighted by Crippen LogP contribution is 2.44. The third-order valence-corrected chi connectivity index (χ3v) is 4.84. The van der Waals surface area contributed by atoms with E-state index >= 15 is 0 Å². The smallest absolute Gasteiger partial charge is 0.323 e. The Morgan fingerprint density at radius 3 is 2.70 bits per heavy atom. The van der Waals surface area contributed by atoms with Gasteiger partial charge in [0, 0.05) is 23.9 Å². The fourth-order valence-electron chi connectivity index (χ4n) is 3.29. The van der Waals surface area contributed by atoms with Gasteiger partial charge in [-0.15, -0.1) is 0 Å². The molecule has 2 heterocycles. The zero-order chi connectivity index (χ0) is 21.3. The van der Waals surface area contributed by atoms with Gasteiger partial charge in [0.15, 0.2) is 11.5 Å². The normalized spacial score (nSPS) is 13.9. The second kappa shape index (κ2) is 7.88. The van der Waals surface area contributed by atoms with Crippen LogP contribution in [0, 0.1) is 6.92 Å². The highest BCUT2D eigenvalue weighted by atomic mass is 35.5. The molecular formula is C23H22ClN3O3. The van der Waals surface area contributed by atoms with E-state index in [1.165, 1.54) is 6.20 Å². The fourth-order valence-corrected chi connectivity index (χ4v) is 3.45. The molecule has 0 spiro atoms. The molecule has 2 aromatic carbocycles. The lowest BCUT2D eigenvalue weighted by Gasteiger charge is -2.18. The first-order valence-corrected chi connectivity index (χ1v) is 9.96. The Balaban J connectivity index is 1.56. The minimum atomic E-state index is -0.427. The maximum Gasteiger partial charge on any atom is 0.323 e. The van der Waals surface area contributed by atoms with Gasteiger partial charge in [-0.3, -0.25) is 0 Å². The summed E-state index contributed by atoms with van der Waals surface area (Å²) in [5.74, 6) is 1.45. The monoisotopic (exact) mass is 423 g/mol. The van der Waals surface area contributed by atoms with Gasteiger partial charge >= 0.3 is 6.03 Å². The van der Waals surface area contributed by atoms with Crippen molar-refractivity contribution in [2.75, 3.05) is 10.6 Å². The fraction of sp³-hybridized carbons (Fsp3) is 0.217. The van der Waals surface area contributed by atoms with Gasteiger partial charge in [-0.05, 0) is 45.0 Å². The Labute approximate surface area is 180 Å². The van der Waals surface area contributed by atoms with Gasteiger partial charge in [0.05, 0.1) is 5.02 Å². The summed E-state index contributed by atoms with van der Waals surface area (Å²) >= 11 is 6.10. The summed E-state index contributed by atoms with van der Waals surface area (Å²) in [6.45, 7) is 6.04. The summed E-state index contributed by atoms with van der Waals surface area (Å²) in [6.07, 6.45) is 2.26. The summed E-state index contributed by atoms with van der Waals surface area (Å²) < 4.78 is 12.1. The van der Waals surface area contributed by atoms with Gasteiger partial charge in [-0.2, -0.15) is 0 Å². The number of aromatic nitrogens is 1. The standard InChI is InChI=1S/C23H22ClN3O3/c1-14-7-9-17(10-8-14)26-22(28)27-18-11-16(24)13-25-21(18)29-19-6-4-5-15-12-23(2,3)30-20(15)19/h4-11,13H,12H2,1-3H3,(H2,26,27,28). The van der Waals surface area contributed by atoms with E-state index in [0.29, 0.717) is 27.9 Å². The van der Waals surface area contributed by atoms with E-state index in [2.05, 4.69) is 15.6 Å². The van der Waals surface area contributed by atoms with E-state index in [0.717, 1.165) is 17.5 Å². The number of ether oxygens (including phenoxy) is 2. The van der Waals surface area contributed by atoms with Gasteiger partial charge in [-0.25, -0.2) is 9.78 Å². The Bertz CT molecular complexity index is 1100. The lowest BCUT2D eigenvalue weighted by atomic mass is 10.0. The summed E-state index contributed by atoms with van der Waals surface area (Å²) in [6, 6.07) is 14.4. The van der Waals surface area contributed by atoms with Crippen LogP contribution in [-0.4, -0.2) is 16.6 Å². The third kappa shape index (κ3) is 4.49. The maximum absolute atomic E-state index is 12.5. The molecule has 0 atom stereocenters. The average molecular weight is 424 g/mol. The number of rotatable bonds is 4.